The largest absolute Gasteiger partial charge is 0.480 e. The lowest BCUT2D eigenvalue weighted by Gasteiger charge is -2.06. The lowest BCUT2D eigenvalue weighted by atomic mass is 10.2. The summed E-state index contributed by atoms with van der Waals surface area (Å²) in [6.07, 6.45) is 0.975. The molecule has 0 fully saturated rings. The minimum Gasteiger partial charge on any atom is -0.480 e. The van der Waals surface area contributed by atoms with Crippen LogP contribution in [0.2, 0.25) is 0 Å². The molecule has 0 aliphatic heterocycles. The van der Waals surface area contributed by atoms with Gasteiger partial charge in [0.1, 0.15) is 6.04 Å². The van der Waals surface area contributed by atoms with Crippen LogP contribution in [0.3, 0.4) is 0 Å². The van der Waals surface area contributed by atoms with Crippen LogP contribution in [0.4, 0.5) is 0 Å². The Morgan fingerprint density at radius 1 is 1.32 bits per heavy atom. The highest BCUT2D eigenvalue weighted by Crippen LogP contribution is 2.05. The van der Waals surface area contributed by atoms with Gasteiger partial charge in [-0.1, -0.05) is 18.2 Å². The van der Waals surface area contributed by atoms with Gasteiger partial charge < -0.3 is 21.9 Å². The summed E-state index contributed by atoms with van der Waals surface area (Å²) in [6, 6.07) is 6.60. The maximum Gasteiger partial charge on any atom is 0.320 e. The van der Waals surface area contributed by atoms with Crippen LogP contribution in [0.5, 0.6) is 0 Å². The zero-order valence-electron chi connectivity index (χ0n) is 11.8. The fourth-order valence-corrected chi connectivity index (χ4v) is 1.76. The molecule has 0 aromatic heterocycles. The maximum absolute atomic E-state index is 10.4. The Balaban J connectivity index is 0.000000406. The van der Waals surface area contributed by atoms with Gasteiger partial charge in [0, 0.05) is 6.54 Å². The average molecular weight is 332 g/mol. The number of hydrogen-bond acceptors (Lipinski definition) is 5. The Morgan fingerprint density at radius 3 is 2.23 bits per heavy atom. The van der Waals surface area contributed by atoms with Gasteiger partial charge in [-0.05, 0) is 25.0 Å². The van der Waals surface area contributed by atoms with Gasteiger partial charge in [0.15, 0.2) is 5.96 Å². The Kier molecular flexibility index (Phi) is 8.75. The van der Waals surface area contributed by atoms with Crippen molar-refractivity contribution in [1.29, 1.82) is 5.41 Å². The zero-order valence-corrected chi connectivity index (χ0v) is 12.6. The van der Waals surface area contributed by atoms with Crippen molar-refractivity contribution in [1.82, 2.24) is 5.32 Å². The highest BCUT2D eigenvalue weighted by molar-refractivity contribution is 7.85. The molecule has 1 aromatic rings. The molecule has 0 radical (unpaired) electrons. The Hall–Kier alpha value is -2.17. The van der Waals surface area contributed by atoms with Crippen molar-refractivity contribution in [2.24, 2.45) is 11.5 Å². The van der Waals surface area contributed by atoms with Crippen LogP contribution in [0.25, 0.3) is 0 Å². The first-order valence-corrected chi connectivity index (χ1v) is 7.67. The van der Waals surface area contributed by atoms with Crippen molar-refractivity contribution >= 4 is 22.0 Å². The van der Waals surface area contributed by atoms with E-state index >= 15 is 0 Å². The molecule has 0 bridgehead atoms. The Morgan fingerprint density at radius 2 is 1.86 bits per heavy atom. The van der Waals surface area contributed by atoms with Crippen LogP contribution in [-0.2, 0) is 14.9 Å². The molecule has 124 valence electrons. The third-order valence-corrected chi connectivity index (χ3v) is 3.23. The second kappa shape index (κ2) is 9.71. The number of guanidine groups is 1. The zero-order chi connectivity index (χ0) is 17.2. The molecule has 1 atom stereocenters. The number of aliphatic carboxylic acids is 1. The van der Waals surface area contributed by atoms with E-state index in [1.54, 1.807) is 18.2 Å². The topological polar surface area (TPSA) is 180 Å². The normalized spacial score (nSPS) is 11.7. The number of carboxylic acid groups (broad SMARTS) is 1. The lowest BCUT2D eigenvalue weighted by Crippen LogP contribution is -2.34. The summed E-state index contributed by atoms with van der Waals surface area (Å²) in [7, 11) is -4.00. The van der Waals surface area contributed by atoms with Crippen LogP contribution in [-0.4, -0.2) is 42.6 Å². The van der Waals surface area contributed by atoms with E-state index in [0.717, 1.165) is 0 Å². The Bertz CT molecular complexity index is 576. The summed E-state index contributed by atoms with van der Waals surface area (Å²) in [6.45, 7) is 0.482. The van der Waals surface area contributed by atoms with E-state index < -0.39 is 22.1 Å². The van der Waals surface area contributed by atoms with E-state index in [-0.39, 0.29) is 10.9 Å². The number of benzene rings is 1. The first kappa shape index (κ1) is 19.8. The first-order valence-electron chi connectivity index (χ1n) is 6.23. The number of carbonyl (C=O) groups is 1. The molecule has 0 aliphatic carbocycles. The van der Waals surface area contributed by atoms with Crippen molar-refractivity contribution in [3.63, 3.8) is 0 Å². The third-order valence-electron chi connectivity index (χ3n) is 2.37. The van der Waals surface area contributed by atoms with E-state index in [1.807, 2.05) is 0 Å². The molecule has 8 N–H and O–H groups in total. The van der Waals surface area contributed by atoms with Crippen molar-refractivity contribution in [3.05, 3.63) is 30.3 Å². The summed E-state index contributed by atoms with van der Waals surface area (Å²) < 4.78 is 29.2. The van der Waals surface area contributed by atoms with E-state index in [2.05, 4.69) is 5.32 Å². The lowest BCUT2D eigenvalue weighted by molar-refractivity contribution is -0.138. The first-order chi connectivity index (χ1) is 10.1. The minimum atomic E-state index is -4.00. The molecule has 9 nitrogen and oxygen atoms in total. The summed E-state index contributed by atoms with van der Waals surface area (Å²) in [5.41, 5.74) is 10.2. The van der Waals surface area contributed by atoms with E-state index in [4.69, 9.17) is 26.5 Å². The Labute approximate surface area is 128 Å². The van der Waals surface area contributed by atoms with Gasteiger partial charge >= 0.3 is 5.97 Å². The molecule has 0 heterocycles. The highest BCUT2D eigenvalue weighted by atomic mass is 32.2. The number of hydrogen-bond donors (Lipinski definition) is 6. The summed E-state index contributed by atoms with van der Waals surface area (Å²) in [5.74, 6) is -1.11. The van der Waals surface area contributed by atoms with Gasteiger partial charge in [-0.15, -0.1) is 0 Å². The SMILES string of the molecule is N=C(N)NCCCC(N)C(=O)O.O=S(=O)(O)c1ccccc1. The number of rotatable bonds is 6. The van der Waals surface area contributed by atoms with Crippen LogP contribution < -0.4 is 16.8 Å². The van der Waals surface area contributed by atoms with Crippen LogP contribution in [0, 0.1) is 5.41 Å². The molecule has 10 heteroatoms. The smallest absolute Gasteiger partial charge is 0.320 e. The molecule has 1 unspecified atom stereocenters. The molecule has 22 heavy (non-hydrogen) atoms. The van der Waals surface area contributed by atoms with Gasteiger partial charge in [0.2, 0.25) is 0 Å². The van der Waals surface area contributed by atoms with Crippen LogP contribution in [0.15, 0.2) is 35.2 Å². The third kappa shape index (κ3) is 9.69. The van der Waals surface area contributed by atoms with E-state index in [0.29, 0.717) is 19.4 Å². The minimum absolute atomic E-state index is 0.0741. The van der Waals surface area contributed by atoms with Crippen molar-refractivity contribution in [2.75, 3.05) is 6.54 Å². The summed E-state index contributed by atoms with van der Waals surface area (Å²) in [5, 5.41) is 17.7. The fraction of sp³-hybridized carbons (Fsp3) is 0.333. The number of carboxylic acids is 1. The molecule has 1 aromatic carbocycles. The molecule has 0 aliphatic rings. The van der Waals surface area contributed by atoms with Crippen molar-refractivity contribution < 1.29 is 22.9 Å². The second-order valence-corrected chi connectivity index (χ2v) is 5.64. The average Bonchev–Trinajstić information content (AvgIpc) is 2.44. The predicted molar refractivity (Wildman–Crippen MR) is 81.0 cm³/mol. The van der Waals surface area contributed by atoms with Crippen molar-refractivity contribution in [3.8, 4) is 0 Å². The van der Waals surface area contributed by atoms with Gasteiger partial charge in [0.25, 0.3) is 10.1 Å². The fourth-order valence-electron chi connectivity index (χ4n) is 1.26. The number of nitrogens with one attached hydrogen (secondary N) is 2. The van der Waals surface area contributed by atoms with Gasteiger partial charge in [-0.25, -0.2) is 0 Å². The van der Waals surface area contributed by atoms with E-state index in [9.17, 15) is 13.2 Å². The van der Waals surface area contributed by atoms with E-state index in [1.165, 1.54) is 12.1 Å². The summed E-state index contributed by atoms with van der Waals surface area (Å²) in [4.78, 5) is 10.1. The quantitative estimate of drug-likeness (QED) is 0.176. The van der Waals surface area contributed by atoms with Crippen LogP contribution >= 0.6 is 0 Å². The molecular weight excluding hydrogens is 312 g/mol. The number of nitrogens with two attached hydrogens (primary N) is 2. The molecule has 1 rings (SSSR count). The molecular formula is C12H20N4O5S. The van der Waals surface area contributed by atoms with Crippen molar-refractivity contribution in [2.45, 2.75) is 23.8 Å². The summed E-state index contributed by atoms with van der Waals surface area (Å²) >= 11 is 0. The van der Waals surface area contributed by atoms with Gasteiger partial charge in [0.05, 0.1) is 4.90 Å². The maximum atomic E-state index is 10.4. The predicted octanol–water partition coefficient (Wildman–Crippen LogP) is -0.405. The molecule has 0 saturated carbocycles. The van der Waals surface area contributed by atoms with Gasteiger partial charge in [-0.2, -0.15) is 8.42 Å². The highest BCUT2D eigenvalue weighted by Gasteiger charge is 2.09. The molecule has 0 spiro atoms. The van der Waals surface area contributed by atoms with Gasteiger partial charge in [-0.3, -0.25) is 14.8 Å². The standard InChI is InChI=1S/C6H14N4O2.C6H6O3S/c7-4(5(11)12)2-1-3-10-6(8)9;7-10(8,9)6-4-2-1-3-5-6/h4H,1-3,7H2,(H,11,12)(H4,8,9,10);1-5H,(H,7,8,9). The monoisotopic (exact) mass is 332 g/mol. The second-order valence-electron chi connectivity index (χ2n) is 4.22. The molecule has 0 saturated heterocycles. The van der Waals surface area contributed by atoms with Crippen LogP contribution in [0.1, 0.15) is 12.8 Å². The molecule has 0 amide bonds.